The lowest BCUT2D eigenvalue weighted by Crippen LogP contribution is -2.51. The standard InChI is InChI=1S/C23H20N4O2S/c24-14-23(10-11-23)27-22(29)20(12-19-13-30-15-25-19)26-21(28)18-8-6-17(7-9-18)16-4-2-1-3-5-16/h1-9,13,15,20H,10-12H2,(H,26,28)(H,27,29)/t20-/m0/s1. The Morgan fingerprint density at radius 2 is 1.80 bits per heavy atom. The molecule has 0 unspecified atom stereocenters. The molecule has 0 radical (unpaired) electrons. The first-order valence-electron chi connectivity index (χ1n) is 9.65. The first-order chi connectivity index (χ1) is 14.6. The second-order valence-corrected chi connectivity index (χ2v) is 8.06. The number of carbonyl (C=O) groups excluding carboxylic acids is 2. The average molecular weight is 417 g/mol. The van der Waals surface area contributed by atoms with Gasteiger partial charge in [-0.3, -0.25) is 9.59 Å². The van der Waals surface area contributed by atoms with Crippen LogP contribution in [0.15, 0.2) is 65.5 Å². The number of amides is 2. The van der Waals surface area contributed by atoms with Crippen LogP contribution in [0.5, 0.6) is 0 Å². The van der Waals surface area contributed by atoms with Gasteiger partial charge in [0, 0.05) is 17.4 Å². The SMILES string of the molecule is N#CC1(NC(=O)[C@H](Cc2cscn2)NC(=O)c2ccc(-c3ccccc3)cc2)CC1. The van der Waals surface area contributed by atoms with Gasteiger partial charge in [0.05, 0.1) is 17.3 Å². The predicted molar refractivity (Wildman–Crippen MR) is 115 cm³/mol. The van der Waals surface area contributed by atoms with Crippen LogP contribution in [0.4, 0.5) is 0 Å². The van der Waals surface area contributed by atoms with Crippen LogP contribution < -0.4 is 10.6 Å². The van der Waals surface area contributed by atoms with Gasteiger partial charge < -0.3 is 10.6 Å². The van der Waals surface area contributed by atoms with Gasteiger partial charge in [0.2, 0.25) is 5.91 Å². The maximum absolute atomic E-state index is 12.8. The normalized spacial score (nSPS) is 14.9. The third kappa shape index (κ3) is 4.56. The van der Waals surface area contributed by atoms with Crippen molar-refractivity contribution in [2.75, 3.05) is 0 Å². The van der Waals surface area contributed by atoms with Gasteiger partial charge >= 0.3 is 0 Å². The lowest BCUT2D eigenvalue weighted by molar-refractivity contribution is -0.123. The molecule has 1 aromatic heterocycles. The van der Waals surface area contributed by atoms with Crippen LogP contribution in [0.2, 0.25) is 0 Å². The van der Waals surface area contributed by atoms with Gasteiger partial charge in [-0.25, -0.2) is 4.98 Å². The van der Waals surface area contributed by atoms with Crippen molar-refractivity contribution in [1.29, 1.82) is 5.26 Å². The van der Waals surface area contributed by atoms with Crippen molar-refractivity contribution in [3.8, 4) is 17.2 Å². The van der Waals surface area contributed by atoms with Gasteiger partial charge in [-0.2, -0.15) is 5.26 Å². The molecule has 0 spiro atoms. The van der Waals surface area contributed by atoms with Gasteiger partial charge in [0.25, 0.3) is 5.91 Å². The van der Waals surface area contributed by atoms with E-state index in [0.29, 0.717) is 18.4 Å². The molecule has 1 fully saturated rings. The molecule has 2 aromatic carbocycles. The van der Waals surface area contributed by atoms with Crippen molar-refractivity contribution in [3.05, 3.63) is 76.7 Å². The van der Waals surface area contributed by atoms with E-state index in [1.165, 1.54) is 11.3 Å². The van der Waals surface area contributed by atoms with Gasteiger partial charge in [0.1, 0.15) is 11.6 Å². The molecule has 6 nitrogen and oxygen atoms in total. The molecule has 1 saturated carbocycles. The quantitative estimate of drug-likeness (QED) is 0.618. The Morgan fingerprint density at radius 3 is 2.40 bits per heavy atom. The average Bonchev–Trinajstić information content (AvgIpc) is 3.36. The van der Waals surface area contributed by atoms with E-state index in [9.17, 15) is 14.9 Å². The Bertz CT molecular complexity index is 1070. The van der Waals surface area contributed by atoms with E-state index in [1.54, 1.807) is 17.6 Å². The molecule has 3 aromatic rings. The number of nitrogens with one attached hydrogen (secondary N) is 2. The summed E-state index contributed by atoms with van der Waals surface area (Å²) in [5.41, 5.74) is 4.16. The smallest absolute Gasteiger partial charge is 0.251 e. The summed E-state index contributed by atoms with van der Waals surface area (Å²) in [5, 5.41) is 16.7. The number of thiazole rings is 1. The van der Waals surface area contributed by atoms with Gasteiger partial charge in [0.15, 0.2) is 0 Å². The van der Waals surface area contributed by atoms with E-state index < -0.39 is 11.6 Å². The van der Waals surface area contributed by atoms with Crippen LogP contribution in [0, 0.1) is 11.3 Å². The Morgan fingerprint density at radius 1 is 1.10 bits per heavy atom. The number of nitrogens with zero attached hydrogens (tertiary/aromatic N) is 2. The summed E-state index contributed by atoms with van der Waals surface area (Å²) < 4.78 is 0. The molecular formula is C23H20N4O2S. The fourth-order valence-corrected chi connectivity index (χ4v) is 3.73. The van der Waals surface area contributed by atoms with Crippen LogP contribution in [-0.4, -0.2) is 28.4 Å². The highest BCUT2D eigenvalue weighted by molar-refractivity contribution is 7.07. The summed E-state index contributed by atoms with van der Waals surface area (Å²) in [6.07, 6.45) is 1.53. The first-order valence-corrected chi connectivity index (χ1v) is 10.6. The molecule has 30 heavy (non-hydrogen) atoms. The zero-order valence-electron chi connectivity index (χ0n) is 16.2. The molecule has 0 aliphatic heterocycles. The van der Waals surface area contributed by atoms with Crippen molar-refractivity contribution in [2.24, 2.45) is 0 Å². The molecule has 2 N–H and O–H groups in total. The topological polar surface area (TPSA) is 94.9 Å². The van der Waals surface area contributed by atoms with E-state index in [-0.39, 0.29) is 18.2 Å². The number of nitriles is 1. The van der Waals surface area contributed by atoms with E-state index >= 15 is 0 Å². The molecule has 0 bridgehead atoms. The highest BCUT2D eigenvalue weighted by Crippen LogP contribution is 2.34. The number of carbonyl (C=O) groups is 2. The van der Waals surface area contributed by atoms with Crippen molar-refractivity contribution < 1.29 is 9.59 Å². The lowest BCUT2D eigenvalue weighted by atomic mass is 10.0. The molecule has 0 saturated heterocycles. The molecule has 2 amide bonds. The Balaban J connectivity index is 1.48. The molecule has 1 aliphatic carbocycles. The summed E-state index contributed by atoms with van der Waals surface area (Å²) in [4.78, 5) is 29.8. The summed E-state index contributed by atoms with van der Waals surface area (Å²) >= 11 is 1.43. The number of hydrogen-bond acceptors (Lipinski definition) is 5. The minimum Gasteiger partial charge on any atom is -0.340 e. The minimum atomic E-state index is -0.806. The zero-order chi connectivity index (χ0) is 21.0. The summed E-state index contributed by atoms with van der Waals surface area (Å²) in [6, 6.07) is 18.5. The van der Waals surface area contributed by atoms with Gasteiger partial charge in [-0.05, 0) is 36.1 Å². The monoisotopic (exact) mass is 416 g/mol. The van der Waals surface area contributed by atoms with Crippen LogP contribution in [0.3, 0.4) is 0 Å². The van der Waals surface area contributed by atoms with Gasteiger partial charge in [-0.15, -0.1) is 11.3 Å². The van der Waals surface area contributed by atoms with E-state index in [2.05, 4.69) is 21.7 Å². The largest absolute Gasteiger partial charge is 0.340 e. The molecule has 7 heteroatoms. The second kappa shape index (κ2) is 8.47. The van der Waals surface area contributed by atoms with Gasteiger partial charge in [-0.1, -0.05) is 42.5 Å². The van der Waals surface area contributed by atoms with Crippen LogP contribution in [0.25, 0.3) is 11.1 Å². The number of rotatable bonds is 7. The Labute approximate surface area is 178 Å². The summed E-state index contributed by atoms with van der Waals surface area (Å²) in [6.45, 7) is 0. The van der Waals surface area contributed by atoms with E-state index in [0.717, 1.165) is 16.8 Å². The van der Waals surface area contributed by atoms with E-state index in [4.69, 9.17) is 0 Å². The Hall–Kier alpha value is -3.50. The van der Waals surface area contributed by atoms with E-state index in [1.807, 2.05) is 47.8 Å². The summed E-state index contributed by atoms with van der Waals surface area (Å²) in [5.74, 6) is -0.705. The molecule has 1 heterocycles. The highest BCUT2D eigenvalue weighted by Gasteiger charge is 2.45. The third-order valence-electron chi connectivity index (χ3n) is 5.10. The van der Waals surface area contributed by atoms with Crippen LogP contribution >= 0.6 is 11.3 Å². The molecule has 1 aliphatic rings. The maximum Gasteiger partial charge on any atom is 0.251 e. The van der Waals surface area contributed by atoms with Crippen molar-refractivity contribution in [1.82, 2.24) is 15.6 Å². The fraction of sp³-hybridized carbons (Fsp3) is 0.217. The summed E-state index contributed by atoms with van der Waals surface area (Å²) in [7, 11) is 0. The number of hydrogen-bond donors (Lipinski definition) is 2. The second-order valence-electron chi connectivity index (χ2n) is 7.34. The molecule has 4 rings (SSSR count). The fourth-order valence-electron chi connectivity index (χ4n) is 3.16. The maximum atomic E-state index is 12.8. The third-order valence-corrected chi connectivity index (χ3v) is 5.73. The molecule has 1 atom stereocenters. The number of benzene rings is 2. The molecule has 150 valence electrons. The Kier molecular flexibility index (Phi) is 5.59. The highest BCUT2D eigenvalue weighted by atomic mass is 32.1. The van der Waals surface area contributed by atoms with Crippen molar-refractivity contribution >= 4 is 23.2 Å². The zero-order valence-corrected chi connectivity index (χ0v) is 17.0. The minimum absolute atomic E-state index is 0.269. The molecular weight excluding hydrogens is 396 g/mol. The first kappa shape index (κ1) is 19.8. The van der Waals surface area contributed by atoms with Crippen molar-refractivity contribution in [2.45, 2.75) is 30.8 Å². The lowest BCUT2D eigenvalue weighted by Gasteiger charge is -2.19. The van der Waals surface area contributed by atoms with Crippen LogP contribution in [-0.2, 0) is 11.2 Å². The van der Waals surface area contributed by atoms with Crippen molar-refractivity contribution in [3.63, 3.8) is 0 Å². The number of aromatic nitrogens is 1. The van der Waals surface area contributed by atoms with Crippen LogP contribution in [0.1, 0.15) is 28.9 Å². The predicted octanol–water partition coefficient (Wildman–Crippen LogP) is 3.32.